The van der Waals surface area contributed by atoms with E-state index in [1.54, 1.807) is 12.5 Å². The van der Waals surface area contributed by atoms with Crippen LogP contribution in [-0.4, -0.2) is 39.5 Å². The number of rotatable bonds is 3. The summed E-state index contributed by atoms with van der Waals surface area (Å²) in [4.78, 5) is 18.9. The van der Waals surface area contributed by atoms with E-state index in [1.807, 2.05) is 39.9 Å². The summed E-state index contributed by atoms with van der Waals surface area (Å²) in [6, 6.07) is 7.80. The molecule has 1 aromatic carbocycles. The van der Waals surface area contributed by atoms with Crippen LogP contribution in [0, 0.1) is 5.92 Å². The van der Waals surface area contributed by atoms with Crippen LogP contribution in [0.5, 0.6) is 0 Å². The van der Waals surface area contributed by atoms with Gasteiger partial charge >= 0.3 is 0 Å². The summed E-state index contributed by atoms with van der Waals surface area (Å²) in [5.74, 6) is 0.531. The molecule has 0 aliphatic carbocycles. The van der Waals surface area contributed by atoms with Crippen molar-refractivity contribution in [1.82, 2.24) is 14.5 Å². The number of carbonyl (C=O) groups is 1. The fourth-order valence-electron chi connectivity index (χ4n) is 3.24. The quantitative estimate of drug-likeness (QED) is 0.943. The molecule has 0 spiro atoms. The van der Waals surface area contributed by atoms with Crippen LogP contribution in [0.25, 0.3) is 5.69 Å². The van der Waals surface area contributed by atoms with Crippen LogP contribution < -0.4 is 5.73 Å². The lowest BCUT2D eigenvalue weighted by molar-refractivity contribution is 0.0532. The van der Waals surface area contributed by atoms with Gasteiger partial charge in [0.05, 0.1) is 6.33 Å². The molecule has 1 aliphatic heterocycles. The van der Waals surface area contributed by atoms with Crippen molar-refractivity contribution in [2.45, 2.75) is 25.8 Å². The third-order valence-corrected chi connectivity index (χ3v) is 4.51. The summed E-state index contributed by atoms with van der Waals surface area (Å²) >= 11 is 0. The van der Waals surface area contributed by atoms with Gasteiger partial charge in [-0.25, -0.2) is 4.98 Å². The van der Waals surface area contributed by atoms with E-state index in [0.717, 1.165) is 25.1 Å². The van der Waals surface area contributed by atoms with E-state index in [4.69, 9.17) is 5.73 Å². The van der Waals surface area contributed by atoms with Crippen molar-refractivity contribution in [3.8, 4) is 5.69 Å². The maximum Gasteiger partial charge on any atom is 0.254 e. The molecule has 1 aliphatic rings. The third kappa shape index (κ3) is 2.76. The first kappa shape index (κ1) is 14.8. The Labute approximate surface area is 130 Å². The van der Waals surface area contributed by atoms with Crippen molar-refractivity contribution in [2.75, 3.05) is 13.1 Å². The van der Waals surface area contributed by atoms with Crippen LogP contribution in [-0.2, 0) is 0 Å². The molecular weight excluding hydrogens is 276 g/mol. The van der Waals surface area contributed by atoms with Gasteiger partial charge in [0.1, 0.15) is 0 Å². The molecule has 1 fully saturated rings. The molecule has 2 heterocycles. The van der Waals surface area contributed by atoms with Crippen LogP contribution in [0.2, 0.25) is 0 Å². The van der Waals surface area contributed by atoms with E-state index in [0.29, 0.717) is 18.0 Å². The maximum atomic E-state index is 12.9. The molecule has 2 N–H and O–H groups in total. The molecule has 2 atom stereocenters. The van der Waals surface area contributed by atoms with Gasteiger partial charge in [0.15, 0.2) is 0 Å². The number of imidazole rings is 1. The second-order valence-electron chi connectivity index (χ2n) is 5.94. The molecule has 22 heavy (non-hydrogen) atoms. The smallest absolute Gasteiger partial charge is 0.254 e. The molecule has 1 aromatic heterocycles. The van der Waals surface area contributed by atoms with Crippen LogP contribution >= 0.6 is 0 Å². The molecule has 116 valence electrons. The molecule has 1 saturated heterocycles. The number of benzene rings is 1. The minimum Gasteiger partial charge on any atom is -0.334 e. The molecule has 1 amide bonds. The topological polar surface area (TPSA) is 64.2 Å². The third-order valence-electron chi connectivity index (χ3n) is 4.51. The maximum absolute atomic E-state index is 12.9. The van der Waals surface area contributed by atoms with Crippen LogP contribution in [0.3, 0.4) is 0 Å². The summed E-state index contributed by atoms with van der Waals surface area (Å²) < 4.78 is 1.90. The fraction of sp³-hybridized carbons (Fsp3) is 0.412. The predicted octanol–water partition coefficient (Wildman–Crippen LogP) is 2.07. The highest BCUT2D eigenvalue weighted by Crippen LogP contribution is 2.24. The number of piperidine rings is 1. The zero-order valence-electron chi connectivity index (χ0n) is 12.9. The predicted molar refractivity (Wildman–Crippen MR) is 85.8 cm³/mol. The summed E-state index contributed by atoms with van der Waals surface area (Å²) in [6.45, 7) is 3.49. The Morgan fingerprint density at radius 2 is 2.32 bits per heavy atom. The van der Waals surface area contributed by atoms with Crippen molar-refractivity contribution >= 4 is 5.91 Å². The lowest BCUT2D eigenvalue weighted by atomic mass is 9.90. The molecule has 5 heteroatoms. The molecular formula is C17H22N4O. The van der Waals surface area contributed by atoms with Gasteiger partial charge < -0.3 is 15.2 Å². The van der Waals surface area contributed by atoms with Crippen molar-refractivity contribution in [2.24, 2.45) is 11.7 Å². The zero-order valence-corrected chi connectivity index (χ0v) is 12.9. The Bertz CT molecular complexity index is 638. The number of nitrogens with two attached hydrogens (primary N) is 1. The average molecular weight is 298 g/mol. The lowest BCUT2D eigenvalue weighted by Crippen LogP contribution is -2.51. The normalized spacial score (nSPS) is 21.8. The minimum atomic E-state index is 0.0731. The van der Waals surface area contributed by atoms with Gasteiger partial charge in [-0.15, -0.1) is 0 Å². The Hall–Kier alpha value is -2.14. The summed E-state index contributed by atoms with van der Waals surface area (Å²) in [7, 11) is 0. The van der Waals surface area contributed by atoms with Gasteiger partial charge in [-0.05, 0) is 37.0 Å². The van der Waals surface area contributed by atoms with Gasteiger partial charge in [0.2, 0.25) is 0 Å². The zero-order chi connectivity index (χ0) is 15.5. The van der Waals surface area contributed by atoms with E-state index in [2.05, 4.69) is 11.9 Å². The standard InChI is InChI=1S/C17H22N4O/c1-13-4-3-8-21(16(13)11-18)17(22)14-5-2-6-15(10-14)20-9-7-19-12-20/h2,5-7,9-10,12-13,16H,3-4,8,11,18H2,1H3/t13-,16-/m1/s1. The van der Waals surface area contributed by atoms with E-state index in [1.165, 1.54) is 0 Å². The van der Waals surface area contributed by atoms with Crippen molar-refractivity contribution < 1.29 is 4.79 Å². The van der Waals surface area contributed by atoms with Gasteiger partial charge in [-0.3, -0.25) is 4.79 Å². The summed E-state index contributed by atoms with van der Waals surface area (Å²) in [6.07, 6.45) is 7.51. The van der Waals surface area contributed by atoms with Gasteiger partial charge in [-0.1, -0.05) is 13.0 Å². The number of nitrogens with zero attached hydrogens (tertiary/aromatic N) is 3. The van der Waals surface area contributed by atoms with Gasteiger partial charge in [0, 0.05) is 42.8 Å². The summed E-state index contributed by atoms with van der Waals surface area (Å²) in [5, 5.41) is 0. The first-order valence-corrected chi connectivity index (χ1v) is 7.80. The number of likely N-dealkylation sites (tertiary alicyclic amines) is 1. The largest absolute Gasteiger partial charge is 0.334 e. The highest BCUT2D eigenvalue weighted by molar-refractivity contribution is 5.95. The minimum absolute atomic E-state index is 0.0731. The van der Waals surface area contributed by atoms with Crippen molar-refractivity contribution in [3.63, 3.8) is 0 Å². The van der Waals surface area contributed by atoms with E-state index < -0.39 is 0 Å². The highest BCUT2D eigenvalue weighted by Gasteiger charge is 2.31. The monoisotopic (exact) mass is 298 g/mol. The molecule has 3 rings (SSSR count). The van der Waals surface area contributed by atoms with Crippen molar-refractivity contribution in [3.05, 3.63) is 48.5 Å². The second kappa shape index (κ2) is 6.32. The molecule has 0 unspecified atom stereocenters. The molecule has 5 nitrogen and oxygen atoms in total. The number of amides is 1. The van der Waals surface area contributed by atoms with E-state index in [-0.39, 0.29) is 11.9 Å². The van der Waals surface area contributed by atoms with Gasteiger partial charge in [-0.2, -0.15) is 0 Å². The molecule has 0 saturated carbocycles. The Balaban J connectivity index is 1.87. The summed E-state index contributed by atoms with van der Waals surface area (Å²) in [5.41, 5.74) is 7.55. The molecule has 0 bridgehead atoms. The molecule has 0 radical (unpaired) electrons. The number of aromatic nitrogens is 2. The lowest BCUT2D eigenvalue weighted by Gasteiger charge is -2.39. The SMILES string of the molecule is C[C@@H]1CCCN(C(=O)c2cccc(-n3ccnc3)c2)[C@@H]1CN. The second-order valence-corrected chi connectivity index (χ2v) is 5.94. The number of hydrogen-bond acceptors (Lipinski definition) is 3. The fourth-order valence-corrected chi connectivity index (χ4v) is 3.24. The van der Waals surface area contributed by atoms with E-state index in [9.17, 15) is 4.79 Å². The van der Waals surface area contributed by atoms with Crippen LogP contribution in [0.4, 0.5) is 0 Å². The first-order valence-electron chi connectivity index (χ1n) is 7.80. The highest BCUT2D eigenvalue weighted by atomic mass is 16.2. The Morgan fingerprint density at radius 1 is 1.45 bits per heavy atom. The van der Waals surface area contributed by atoms with Crippen LogP contribution in [0.1, 0.15) is 30.1 Å². The Morgan fingerprint density at radius 3 is 3.05 bits per heavy atom. The first-order chi connectivity index (χ1) is 10.7. The Kier molecular flexibility index (Phi) is 4.24. The van der Waals surface area contributed by atoms with Crippen molar-refractivity contribution in [1.29, 1.82) is 0 Å². The number of carbonyl (C=O) groups excluding carboxylic acids is 1. The van der Waals surface area contributed by atoms with E-state index >= 15 is 0 Å². The van der Waals surface area contributed by atoms with Crippen LogP contribution in [0.15, 0.2) is 43.0 Å². The number of hydrogen-bond donors (Lipinski definition) is 1. The average Bonchev–Trinajstić information content (AvgIpc) is 3.08. The molecule has 2 aromatic rings. The van der Waals surface area contributed by atoms with Gasteiger partial charge in [0.25, 0.3) is 5.91 Å².